The van der Waals surface area contributed by atoms with Gasteiger partial charge in [0.25, 0.3) is 0 Å². The molecule has 0 fully saturated rings. The lowest BCUT2D eigenvalue weighted by Crippen LogP contribution is -2.36. The van der Waals surface area contributed by atoms with Gasteiger partial charge in [-0.15, -0.1) is 0 Å². The molecule has 0 saturated heterocycles. The fourth-order valence-electron chi connectivity index (χ4n) is 2.45. The van der Waals surface area contributed by atoms with E-state index in [2.05, 4.69) is 18.7 Å². The summed E-state index contributed by atoms with van der Waals surface area (Å²) in [5.41, 5.74) is 7.71. The van der Waals surface area contributed by atoms with E-state index in [1.165, 1.54) is 0 Å². The molecule has 0 atom stereocenters. The minimum Gasteiger partial charge on any atom is -0.497 e. The van der Waals surface area contributed by atoms with Gasteiger partial charge in [-0.25, -0.2) is 0 Å². The average Bonchev–Trinajstić information content (AvgIpc) is 2.39. The Kier molecular flexibility index (Phi) is 6.67. The van der Waals surface area contributed by atoms with Crippen LogP contribution in [0.5, 0.6) is 5.75 Å². The van der Waals surface area contributed by atoms with Gasteiger partial charge in [0.05, 0.1) is 13.7 Å². The lowest BCUT2D eigenvalue weighted by Gasteiger charge is -2.30. The molecule has 1 aromatic rings. The van der Waals surface area contributed by atoms with Crippen LogP contribution in [0.2, 0.25) is 0 Å². The van der Waals surface area contributed by atoms with E-state index >= 15 is 0 Å². The summed E-state index contributed by atoms with van der Waals surface area (Å²) >= 11 is 0. The summed E-state index contributed by atoms with van der Waals surface area (Å²) in [6.45, 7) is 6.00. The van der Waals surface area contributed by atoms with Crippen LogP contribution in [0.3, 0.4) is 0 Å². The predicted molar refractivity (Wildman–Crippen MR) is 79.3 cm³/mol. The third kappa shape index (κ3) is 4.73. The molecule has 0 aromatic heterocycles. The van der Waals surface area contributed by atoms with Crippen LogP contribution in [0.25, 0.3) is 0 Å². The first-order valence-corrected chi connectivity index (χ1v) is 6.92. The monoisotopic (exact) mass is 266 g/mol. The fourth-order valence-corrected chi connectivity index (χ4v) is 2.45. The van der Waals surface area contributed by atoms with Gasteiger partial charge in [0, 0.05) is 30.9 Å². The highest BCUT2D eigenvalue weighted by Gasteiger charge is 2.15. The summed E-state index contributed by atoms with van der Waals surface area (Å²) in [4.78, 5) is 2.30. The Hall–Kier alpha value is -1.26. The number of nitrogens with zero attached hydrogens (tertiary/aromatic N) is 1. The van der Waals surface area contributed by atoms with E-state index in [4.69, 9.17) is 10.5 Å². The summed E-state index contributed by atoms with van der Waals surface area (Å²) in [7, 11) is 1.64. The average molecular weight is 266 g/mol. The van der Waals surface area contributed by atoms with Crippen molar-refractivity contribution in [3.05, 3.63) is 23.8 Å². The molecule has 19 heavy (non-hydrogen) atoms. The summed E-state index contributed by atoms with van der Waals surface area (Å²) in [5, 5.41) is 9.22. The molecule has 0 heterocycles. The van der Waals surface area contributed by atoms with Gasteiger partial charge >= 0.3 is 0 Å². The number of benzene rings is 1. The molecule has 0 aliphatic carbocycles. The minimum atomic E-state index is 0.177. The Bertz CT molecular complexity index is 378. The predicted octanol–water partition coefficient (Wildman–Crippen LogP) is 2.26. The highest BCUT2D eigenvalue weighted by Crippen LogP contribution is 2.21. The SMILES string of the molecule is CCC(CC)N(CCO)Cc1cc(N)cc(OC)c1. The number of hydrogen-bond donors (Lipinski definition) is 2. The molecule has 1 rings (SSSR count). The van der Waals surface area contributed by atoms with Gasteiger partial charge in [0.2, 0.25) is 0 Å². The third-order valence-corrected chi connectivity index (χ3v) is 3.46. The number of aliphatic hydroxyl groups is 1. The number of aliphatic hydroxyl groups excluding tert-OH is 1. The van der Waals surface area contributed by atoms with Gasteiger partial charge in [-0.2, -0.15) is 0 Å². The second kappa shape index (κ2) is 8.02. The molecule has 0 aliphatic heterocycles. The zero-order chi connectivity index (χ0) is 14.3. The van der Waals surface area contributed by atoms with Crippen molar-refractivity contribution in [2.45, 2.75) is 39.3 Å². The molecule has 0 bridgehead atoms. The number of nitrogens with two attached hydrogens (primary N) is 1. The first-order chi connectivity index (χ1) is 9.14. The van der Waals surface area contributed by atoms with Crippen LogP contribution in [0.1, 0.15) is 32.3 Å². The maximum Gasteiger partial charge on any atom is 0.121 e. The zero-order valence-electron chi connectivity index (χ0n) is 12.2. The lowest BCUT2D eigenvalue weighted by molar-refractivity contribution is 0.136. The number of hydrogen-bond acceptors (Lipinski definition) is 4. The van der Waals surface area contributed by atoms with Crippen LogP contribution in [-0.4, -0.2) is 36.3 Å². The van der Waals surface area contributed by atoms with Crippen LogP contribution in [0.15, 0.2) is 18.2 Å². The topological polar surface area (TPSA) is 58.7 Å². The second-order valence-corrected chi connectivity index (χ2v) is 4.78. The second-order valence-electron chi connectivity index (χ2n) is 4.78. The Morgan fingerprint density at radius 1 is 1.26 bits per heavy atom. The van der Waals surface area contributed by atoms with Crippen molar-refractivity contribution in [3.63, 3.8) is 0 Å². The number of methoxy groups -OCH3 is 1. The van der Waals surface area contributed by atoms with Gasteiger partial charge in [-0.3, -0.25) is 4.90 Å². The smallest absolute Gasteiger partial charge is 0.121 e. The highest BCUT2D eigenvalue weighted by atomic mass is 16.5. The van der Waals surface area contributed by atoms with E-state index in [-0.39, 0.29) is 6.61 Å². The molecule has 3 N–H and O–H groups in total. The molecule has 4 nitrogen and oxygen atoms in total. The van der Waals surface area contributed by atoms with E-state index in [1.54, 1.807) is 7.11 Å². The number of nitrogen functional groups attached to an aromatic ring is 1. The summed E-state index contributed by atoms with van der Waals surface area (Å²) in [5.74, 6) is 0.781. The first-order valence-electron chi connectivity index (χ1n) is 6.92. The van der Waals surface area contributed by atoms with Crippen molar-refractivity contribution in [2.24, 2.45) is 0 Å². The van der Waals surface area contributed by atoms with Crippen molar-refractivity contribution in [1.29, 1.82) is 0 Å². The molecule has 0 amide bonds. The van der Waals surface area contributed by atoms with Crippen LogP contribution in [0.4, 0.5) is 5.69 Å². The molecule has 0 aliphatic rings. The maximum absolute atomic E-state index is 9.22. The third-order valence-electron chi connectivity index (χ3n) is 3.46. The summed E-state index contributed by atoms with van der Waals surface area (Å²) < 4.78 is 5.24. The molecule has 108 valence electrons. The molecule has 0 spiro atoms. The molecule has 1 aromatic carbocycles. The van der Waals surface area contributed by atoms with Gasteiger partial charge in [-0.05, 0) is 30.5 Å². The van der Waals surface area contributed by atoms with Crippen LogP contribution >= 0.6 is 0 Å². The molecule has 0 saturated carbocycles. The highest BCUT2D eigenvalue weighted by molar-refractivity contribution is 5.47. The normalized spacial score (nSPS) is 11.3. The zero-order valence-corrected chi connectivity index (χ0v) is 12.2. The molecule has 4 heteroatoms. The van der Waals surface area contributed by atoms with Crippen LogP contribution in [0, 0.1) is 0 Å². The first kappa shape index (κ1) is 15.8. The van der Waals surface area contributed by atoms with E-state index in [0.717, 1.165) is 30.7 Å². The number of rotatable bonds is 8. The largest absolute Gasteiger partial charge is 0.497 e. The minimum absolute atomic E-state index is 0.177. The van der Waals surface area contributed by atoms with Crippen molar-refractivity contribution < 1.29 is 9.84 Å². The summed E-state index contributed by atoms with van der Waals surface area (Å²) in [6.07, 6.45) is 2.16. The molecule has 0 unspecified atom stereocenters. The van der Waals surface area contributed by atoms with Gasteiger partial charge in [-0.1, -0.05) is 13.8 Å². The van der Waals surface area contributed by atoms with Crippen molar-refractivity contribution in [3.8, 4) is 5.75 Å². The number of ether oxygens (including phenoxy) is 1. The van der Waals surface area contributed by atoms with E-state index in [0.29, 0.717) is 18.3 Å². The van der Waals surface area contributed by atoms with Crippen LogP contribution in [-0.2, 0) is 6.54 Å². The maximum atomic E-state index is 9.22. The molecule has 0 radical (unpaired) electrons. The van der Waals surface area contributed by atoms with Crippen molar-refractivity contribution in [1.82, 2.24) is 4.90 Å². The summed E-state index contributed by atoms with van der Waals surface area (Å²) in [6, 6.07) is 6.27. The Labute approximate surface area is 116 Å². The number of anilines is 1. The van der Waals surface area contributed by atoms with E-state index < -0.39 is 0 Å². The fraction of sp³-hybridized carbons (Fsp3) is 0.600. The van der Waals surface area contributed by atoms with Gasteiger partial charge in [0.15, 0.2) is 0 Å². The Balaban J connectivity index is 2.86. The molecular weight excluding hydrogens is 240 g/mol. The standard InChI is InChI=1S/C15H26N2O2/c1-4-14(5-2)17(6-7-18)11-12-8-13(16)10-15(9-12)19-3/h8-10,14,18H,4-7,11,16H2,1-3H3. The van der Waals surface area contributed by atoms with Crippen molar-refractivity contribution in [2.75, 3.05) is 26.0 Å². The van der Waals surface area contributed by atoms with E-state index in [1.807, 2.05) is 18.2 Å². The lowest BCUT2D eigenvalue weighted by atomic mass is 10.1. The molecular formula is C15H26N2O2. The van der Waals surface area contributed by atoms with E-state index in [9.17, 15) is 5.11 Å². The Morgan fingerprint density at radius 3 is 2.47 bits per heavy atom. The van der Waals surface area contributed by atoms with Gasteiger partial charge in [0.1, 0.15) is 5.75 Å². The Morgan fingerprint density at radius 2 is 1.95 bits per heavy atom. The van der Waals surface area contributed by atoms with Crippen LogP contribution < -0.4 is 10.5 Å². The van der Waals surface area contributed by atoms with Gasteiger partial charge < -0.3 is 15.6 Å². The quantitative estimate of drug-likeness (QED) is 0.709. The van der Waals surface area contributed by atoms with Crippen molar-refractivity contribution >= 4 is 5.69 Å².